The number of hydrogen-bond acceptors (Lipinski definition) is 3. The number of rotatable bonds is 3. The topological polar surface area (TPSA) is 78.0 Å². The van der Waals surface area contributed by atoms with Crippen LogP contribution in [0.3, 0.4) is 0 Å². The van der Waals surface area contributed by atoms with Crippen molar-refractivity contribution >= 4 is 5.97 Å². The highest BCUT2D eigenvalue weighted by Crippen LogP contribution is 2.34. The van der Waals surface area contributed by atoms with Crippen molar-refractivity contribution in [1.82, 2.24) is 15.3 Å². The quantitative estimate of drug-likeness (QED) is 0.761. The van der Waals surface area contributed by atoms with Crippen LogP contribution in [0.1, 0.15) is 18.0 Å². The zero-order valence-electron chi connectivity index (χ0n) is 9.89. The summed E-state index contributed by atoms with van der Waals surface area (Å²) in [6.07, 6.45) is 2.48. The molecule has 0 aromatic carbocycles. The summed E-state index contributed by atoms with van der Waals surface area (Å²) in [6, 6.07) is 5.73. The van der Waals surface area contributed by atoms with Gasteiger partial charge in [0.15, 0.2) is 0 Å². The van der Waals surface area contributed by atoms with Crippen LogP contribution in [0.25, 0.3) is 11.3 Å². The van der Waals surface area contributed by atoms with Crippen molar-refractivity contribution in [2.75, 3.05) is 13.1 Å². The van der Waals surface area contributed by atoms with E-state index in [1.807, 2.05) is 18.2 Å². The first-order chi connectivity index (χ1) is 8.77. The van der Waals surface area contributed by atoms with Crippen LogP contribution in [0.4, 0.5) is 0 Å². The van der Waals surface area contributed by atoms with Gasteiger partial charge in [0.2, 0.25) is 0 Å². The molecule has 1 fully saturated rings. The summed E-state index contributed by atoms with van der Waals surface area (Å²) in [5.74, 6) is -1.12. The third-order valence-corrected chi connectivity index (χ3v) is 3.65. The lowest BCUT2D eigenvalue weighted by Gasteiger charge is -2.21. The van der Waals surface area contributed by atoms with Gasteiger partial charge in [-0.1, -0.05) is 12.1 Å². The number of aliphatic carboxylic acids is 1. The fraction of sp³-hybridized carbons (Fsp3) is 0.385. The van der Waals surface area contributed by atoms with Crippen molar-refractivity contribution in [3.05, 3.63) is 30.2 Å². The lowest BCUT2D eigenvalue weighted by atomic mass is 9.86. The van der Waals surface area contributed by atoms with Crippen LogP contribution in [0.5, 0.6) is 0 Å². The Morgan fingerprint density at radius 1 is 1.50 bits per heavy atom. The van der Waals surface area contributed by atoms with Crippen molar-refractivity contribution in [3.63, 3.8) is 0 Å². The smallest absolute Gasteiger partial charge is 0.312 e. The highest BCUT2D eigenvalue weighted by Gasteiger charge is 2.34. The number of fused-ring (bicyclic) bond motifs is 1. The second-order valence-corrected chi connectivity index (χ2v) is 4.71. The average molecular weight is 245 g/mol. The Hall–Kier alpha value is -1.88. The molecule has 0 radical (unpaired) electrons. The minimum atomic E-state index is -0.770. The van der Waals surface area contributed by atoms with Gasteiger partial charge in [-0.05, 0) is 31.5 Å². The zero-order valence-corrected chi connectivity index (χ0v) is 9.89. The van der Waals surface area contributed by atoms with E-state index in [1.54, 1.807) is 6.33 Å². The molecule has 0 amide bonds. The molecule has 1 aliphatic carbocycles. The third kappa shape index (κ3) is 1.76. The second kappa shape index (κ2) is 4.42. The van der Waals surface area contributed by atoms with Crippen LogP contribution in [0.15, 0.2) is 24.5 Å². The number of hydrogen-bond donors (Lipinski definition) is 3. The molecule has 18 heavy (non-hydrogen) atoms. The molecule has 0 aromatic rings. The Balaban J connectivity index is 2.04. The van der Waals surface area contributed by atoms with E-state index >= 15 is 0 Å². The van der Waals surface area contributed by atoms with Gasteiger partial charge < -0.3 is 15.4 Å². The van der Waals surface area contributed by atoms with Crippen molar-refractivity contribution in [3.8, 4) is 11.3 Å². The average Bonchev–Trinajstić information content (AvgIpc) is 2.98. The minimum Gasteiger partial charge on any atom is -0.481 e. The molecule has 0 aromatic heterocycles. The van der Waals surface area contributed by atoms with E-state index in [0.717, 1.165) is 36.5 Å². The first-order valence-electron chi connectivity index (χ1n) is 6.13. The lowest BCUT2D eigenvalue weighted by molar-refractivity contribution is -0.140. The summed E-state index contributed by atoms with van der Waals surface area (Å²) in [7, 11) is 0. The molecule has 0 spiro atoms. The van der Waals surface area contributed by atoms with Gasteiger partial charge in [0, 0.05) is 11.3 Å². The van der Waals surface area contributed by atoms with E-state index in [-0.39, 0.29) is 5.92 Å². The molecular weight excluding hydrogens is 230 g/mol. The standard InChI is InChI=1S/C13H15N3O2/c17-13(18)11(8-4-5-14-6-8)12-9-2-1-3-10(9)15-7-16-12/h1-3,7-8,11,14H,4-6H2,(H,15,16)(H,17,18). The number of nitrogens with one attached hydrogen (secondary N) is 2. The van der Waals surface area contributed by atoms with Crippen molar-refractivity contribution in [2.24, 2.45) is 5.92 Å². The number of carbonyl (C=O) groups is 1. The first-order valence-corrected chi connectivity index (χ1v) is 6.13. The van der Waals surface area contributed by atoms with E-state index in [2.05, 4.69) is 15.3 Å². The monoisotopic (exact) mass is 245 g/mol. The van der Waals surface area contributed by atoms with Crippen LogP contribution in [0.2, 0.25) is 0 Å². The van der Waals surface area contributed by atoms with Gasteiger partial charge in [0.1, 0.15) is 5.92 Å². The summed E-state index contributed by atoms with van der Waals surface area (Å²) < 4.78 is 0. The zero-order chi connectivity index (χ0) is 12.5. The molecule has 3 aliphatic rings. The maximum Gasteiger partial charge on any atom is 0.312 e. The third-order valence-electron chi connectivity index (χ3n) is 3.65. The van der Waals surface area contributed by atoms with Crippen LogP contribution in [0, 0.1) is 5.92 Å². The fourth-order valence-corrected chi connectivity index (χ4v) is 2.78. The summed E-state index contributed by atoms with van der Waals surface area (Å²) in [5.41, 5.74) is 2.53. The number of carboxylic acids is 1. The molecule has 3 N–H and O–H groups in total. The number of nitrogens with zero attached hydrogens (tertiary/aromatic N) is 1. The van der Waals surface area contributed by atoms with Gasteiger partial charge in [-0.15, -0.1) is 0 Å². The highest BCUT2D eigenvalue weighted by molar-refractivity contribution is 5.80. The molecule has 0 bridgehead atoms. The molecule has 2 heterocycles. The Labute approximate surface area is 105 Å². The summed E-state index contributed by atoms with van der Waals surface area (Å²) in [6.45, 7) is 1.65. The van der Waals surface area contributed by atoms with Crippen LogP contribution < -0.4 is 5.32 Å². The van der Waals surface area contributed by atoms with Gasteiger partial charge in [-0.25, -0.2) is 4.98 Å². The maximum atomic E-state index is 11.6. The second-order valence-electron chi connectivity index (χ2n) is 4.71. The molecular formula is C13H15N3O2. The highest BCUT2D eigenvalue weighted by atomic mass is 16.4. The largest absolute Gasteiger partial charge is 0.481 e. The van der Waals surface area contributed by atoms with E-state index < -0.39 is 11.9 Å². The van der Waals surface area contributed by atoms with Crippen LogP contribution >= 0.6 is 0 Å². The van der Waals surface area contributed by atoms with E-state index in [9.17, 15) is 9.90 Å². The predicted octanol–water partition coefficient (Wildman–Crippen LogP) is 1.29. The van der Waals surface area contributed by atoms with Gasteiger partial charge in [-0.2, -0.15) is 0 Å². The number of aromatic amines is 1. The summed E-state index contributed by atoms with van der Waals surface area (Å²) in [4.78, 5) is 18.8. The SMILES string of the molecule is O=C(O)C(c1[nH]cnc2cccc1-2)C1CCNC1. The molecule has 5 nitrogen and oxygen atoms in total. The van der Waals surface area contributed by atoms with Crippen LogP contribution in [-0.2, 0) is 4.79 Å². The number of carboxylic acid groups (broad SMARTS) is 1. The Kier molecular flexibility index (Phi) is 2.76. The normalized spacial score (nSPS) is 21.2. The summed E-state index contributed by atoms with van der Waals surface area (Å²) in [5, 5.41) is 12.7. The molecule has 2 aliphatic heterocycles. The van der Waals surface area contributed by atoms with Crippen molar-refractivity contribution in [2.45, 2.75) is 12.3 Å². The molecule has 5 heteroatoms. The number of H-pyrrole nitrogens is 1. The van der Waals surface area contributed by atoms with Crippen molar-refractivity contribution in [1.29, 1.82) is 0 Å². The van der Waals surface area contributed by atoms with Gasteiger partial charge in [0.25, 0.3) is 0 Å². The molecule has 94 valence electrons. The van der Waals surface area contributed by atoms with Gasteiger partial charge in [0.05, 0.1) is 12.0 Å². The lowest BCUT2D eigenvalue weighted by Crippen LogP contribution is -2.25. The Bertz CT molecular complexity index is 531. The summed E-state index contributed by atoms with van der Waals surface area (Å²) >= 11 is 0. The van der Waals surface area contributed by atoms with E-state index in [1.165, 1.54) is 0 Å². The molecule has 0 saturated carbocycles. The van der Waals surface area contributed by atoms with Crippen molar-refractivity contribution < 1.29 is 9.90 Å². The fourth-order valence-electron chi connectivity index (χ4n) is 2.78. The molecule has 3 rings (SSSR count). The molecule has 1 saturated heterocycles. The first kappa shape index (κ1) is 11.2. The molecule has 2 atom stereocenters. The number of aromatic nitrogens is 2. The molecule has 2 unspecified atom stereocenters. The van der Waals surface area contributed by atoms with E-state index in [0.29, 0.717) is 0 Å². The van der Waals surface area contributed by atoms with Gasteiger partial charge in [-0.3, -0.25) is 4.79 Å². The van der Waals surface area contributed by atoms with Crippen LogP contribution in [-0.4, -0.2) is 34.1 Å². The Morgan fingerprint density at radius 3 is 3.11 bits per heavy atom. The van der Waals surface area contributed by atoms with Gasteiger partial charge >= 0.3 is 5.97 Å². The van der Waals surface area contributed by atoms with E-state index in [4.69, 9.17) is 0 Å². The minimum absolute atomic E-state index is 0.138. The predicted molar refractivity (Wildman–Crippen MR) is 66.6 cm³/mol. The maximum absolute atomic E-state index is 11.6. The Morgan fingerprint density at radius 2 is 2.39 bits per heavy atom.